The lowest BCUT2D eigenvalue weighted by molar-refractivity contribution is -0.121. The summed E-state index contributed by atoms with van der Waals surface area (Å²) in [5.41, 5.74) is 0.619. The summed E-state index contributed by atoms with van der Waals surface area (Å²) < 4.78 is 7.01. The lowest BCUT2D eigenvalue weighted by Gasteiger charge is -2.07. The van der Waals surface area contributed by atoms with Crippen LogP contribution in [0.25, 0.3) is 10.9 Å². The van der Waals surface area contributed by atoms with Gasteiger partial charge in [0, 0.05) is 25.9 Å². The van der Waals surface area contributed by atoms with Crippen molar-refractivity contribution in [1.82, 2.24) is 14.9 Å². The molecular formula is C19H21N3O3. The van der Waals surface area contributed by atoms with Gasteiger partial charge in [0.2, 0.25) is 5.91 Å². The topological polar surface area (TPSA) is 77.1 Å². The molecule has 0 radical (unpaired) electrons. The SMILES string of the molecule is Cc1ccc(CCNC(=O)CCCn2cnc3ccccc3c2=O)o1. The zero-order valence-electron chi connectivity index (χ0n) is 14.2. The number of rotatable bonds is 7. The largest absolute Gasteiger partial charge is 0.466 e. The molecule has 0 aliphatic heterocycles. The van der Waals surface area contributed by atoms with E-state index in [0.29, 0.717) is 43.3 Å². The van der Waals surface area contributed by atoms with Crippen LogP contribution in [0.15, 0.2) is 51.9 Å². The van der Waals surface area contributed by atoms with E-state index in [0.717, 1.165) is 11.5 Å². The monoisotopic (exact) mass is 339 g/mol. The molecule has 0 spiro atoms. The highest BCUT2D eigenvalue weighted by Gasteiger charge is 2.06. The van der Waals surface area contributed by atoms with E-state index in [1.807, 2.05) is 37.3 Å². The van der Waals surface area contributed by atoms with Gasteiger partial charge in [0.1, 0.15) is 11.5 Å². The Balaban J connectivity index is 1.45. The fourth-order valence-electron chi connectivity index (χ4n) is 2.71. The molecular weight excluding hydrogens is 318 g/mol. The quantitative estimate of drug-likeness (QED) is 0.717. The van der Waals surface area contributed by atoms with E-state index in [4.69, 9.17) is 4.42 Å². The Morgan fingerprint density at radius 2 is 2.08 bits per heavy atom. The molecule has 6 nitrogen and oxygen atoms in total. The third-order valence-electron chi connectivity index (χ3n) is 4.02. The first-order valence-corrected chi connectivity index (χ1v) is 8.40. The van der Waals surface area contributed by atoms with Crippen LogP contribution in [0.1, 0.15) is 24.4 Å². The first kappa shape index (κ1) is 17.0. The van der Waals surface area contributed by atoms with Crippen molar-refractivity contribution in [3.05, 3.63) is 64.6 Å². The molecule has 1 amide bonds. The van der Waals surface area contributed by atoms with Gasteiger partial charge < -0.3 is 9.73 Å². The maximum absolute atomic E-state index is 12.3. The van der Waals surface area contributed by atoms with E-state index in [1.54, 1.807) is 17.0 Å². The summed E-state index contributed by atoms with van der Waals surface area (Å²) in [7, 11) is 0. The Morgan fingerprint density at radius 3 is 2.88 bits per heavy atom. The highest BCUT2D eigenvalue weighted by atomic mass is 16.3. The van der Waals surface area contributed by atoms with E-state index in [1.165, 1.54) is 0 Å². The molecule has 1 aromatic carbocycles. The van der Waals surface area contributed by atoms with E-state index < -0.39 is 0 Å². The molecule has 0 saturated carbocycles. The number of nitrogens with one attached hydrogen (secondary N) is 1. The Hall–Kier alpha value is -2.89. The van der Waals surface area contributed by atoms with Crippen molar-refractivity contribution in [2.45, 2.75) is 32.7 Å². The van der Waals surface area contributed by atoms with E-state index in [2.05, 4.69) is 10.3 Å². The minimum absolute atomic E-state index is 0.0231. The van der Waals surface area contributed by atoms with Crippen molar-refractivity contribution < 1.29 is 9.21 Å². The number of aromatic nitrogens is 2. The Bertz CT molecular complexity index is 927. The highest BCUT2D eigenvalue weighted by Crippen LogP contribution is 2.07. The normalized spacial score (nSPS) is 10.9. The van der Waals surface area contributed by atoms with Gasteiger partial charge in [0.15, 0.2) is 0 Å². The second kappa shape index (κ2) is 7.79. The predicted molar refractivity (Wildman–Crippen MR) is 95.4 cm³/mol. The van der Waals surface area contributed by atoms with Crippen LogP contribution in [0.4, 0.5) is 0 Å². The first-order valence-electron chi connectivity index (χ1n) is 8.40. The minimum Gasteiger partial charge on any atom is -0.466 e. The minimum atomic E-state index is -0.0702. The summed E-state index contributed by atoms with van der Waals surface area (Å²) in [5.74, 6) is 1.72. The molecule has 3 rings (SSSR count). The zero-order valence-corrected chi connectivity index (χ0v) is 14.2. The van der Waals surface area contributed by atoms with Gasteiger partial charge in [-0.15, -0.1) is 0 Å². The Kier molecular flexibility index (Phi) is 5.28. The fraction of sp³-hybridized carbons (Fsp3) is 0.316. The van der Waals surface area contributed by atoms with Gasteiger partial charge in [-0.05, 0) is 37.6 Å². The maximum Gasteiger partial charge on any atom is 0.261 e. The average molecular weight is 339 g/mol. The molecule has 0 aliphatic carbocycles. The summed E-state index contributed by atoms with van der Waals surface area (Å²) in [5, 5.41) is 3.47. The second-order valence-corrected chi connectivity index (χ2v) is 5.98. The Morgan fingerprint density at radius 1 is 1.24 bits per heavy atom. The number of benzene rings is 1. The van der Waals surface area contributed by atoms with Gasteiger partial charge in [0.25, 0.3) is 5.56 Å². The third-order valence-corrected chi connectivity index (χ3v) is 4.02. The van der Waals surface area contributed by atoms with Crippen LogP contribution in [-0.2, 0) is 17.8 Å². The van der Waals surface area contributed by atoms with Crippen LogP contribution in [0, 0.1) is 6.92 Å². The number of amides is 1. The van der Waals surface area contributed by atoms with Crippen LogP contribution in [-0.4, -0.2) is 22.0 Å². The van der Waals surface area contributed by atoms with Gasteiger partial charge in [-0.3, -0.25) is 14.2 Å². The molecule has 0 bridgehead atoms. The number of carbonyl (C=O) groups excluding carboxylic acids is 1. The van der Waals surface area contributed by atoms with E-state index >= 15 is 0 Å². The number of carbonyl (C=O) groups is 1. The van der Waals surface area contributed by atoms with Crippen molar-refractivity contribution >= 4 is 16.8 Å². The van der Waals surface area contributed by atoms with Crippen LogP contribution < -0.4 is 10.9 Å². The predicted octanol–water partition coefficient (Wildman–Crippen LogP) is 2.44. The number of hydrogen-bond acceptors (Lipinski definition) is 4. The van der Waals surface area contributed by atoms with Gasteiger partial charge >= 0.3 is 0 Å². The summed E-state index contributed by atoms with van der Waals surface area (Å²) in [6, 6.07) is 11.1. The molecule has 0 aliphatic rings. The first-order chi connectivity index (χ1) is 12.1. The number of furan rings is 1. The lowest BCUT2D eigenvalue weighted by Crippen LogP contribution is -2.26. The smallest absolute Gasteiger partial charge is 0.261 e. The maximum atomic E-state index is 12.3. The molecule has 1 N–H and O–H groups in total. The molecule has 0 fully saturated rings. The van der Waals surface area contributed by atoms with Crippen molar-refractivity contribution in [2.24, 2.45) is 0 Å². The molecule has 2 heterocycles. The molecule has 6 heteroatoms. The number of aryl methyl sites for hydroxylation is 2. The summed E-state index contributed by atoms with van der Waals surface area (Å²) in [4.78, 5) is 28.5. The zero-order chi connectivity index (χ0) is 17.6. The van der Waals surface area contributed by atoms with Crippen molar-refractivity contribution in [1.29, 1.82) is 0 Å². The second-order valence-electron chi connectivity index (χ2n) is 5.98. The molecule has 2 aromatic heterocycles. The van der Waals surface area contributed by atoms with Gasteiger partial charge in [-0.2, -0.15) is 0 Å². The summed E-state index contributed by atoms with van der Waals surface area (Å²) in [6.07, 6.45) is 3.18. The van der Waals surface area contributed by atoms with Crippen LogP contribution in [0.2, 0.25) is 0 Å². The van der Waals surface area contributed by atoms with Crippen LogP contribution >= 0.6 is 0 Å². The average Bonchev–Trinajstić information content (AvgIpc) is 3.02. The standard InChI is InChI=1S/C19H21N3O3/c1-14-8-9-15(25-14)10-11-20-18(23)7-4-12-22-13-21-17-6-3-2-5-16(17)19(22)24/h2-3,5-6,8-9,13H,4,7,10-12H2,1H3,(H,20,23). The number of nitrogens with zero attached hydrogens (tertiary/aromatic N) is 2. The van der Waals surface area contributed by atoms with Gasteiger partial charge in [-0.1, -0.05) is 12.1 Å². The molecule has 0 unspecified atom stereocenters. The molecule has 0 atom stereocenters. The van der Waals surface area contributed by atoms with Crippen LogP contribution in [0.3, 0.4) is 0 Å². The van der Waals surface area contributed by atoms with Crippen molar-refractivity contribution in [3.8, 4) is 0 Å². The van der Waals surface area contributed by atoms with Gasteiger partial charge in [0.05, 0.1) is 17.2 Å². The number of para-hydroxylation sites is 1. The van der Waals surface area contributed by atoms with Crippen molar-refractivity contribution in [3.63, 3.8) is 0 Å². The number of fused-ring (bicyclic) bond motifs is 1. The molecule has 130 valence electrons. The molecule has 3 aromatic rings. The van der Waals surface area contributed by atoms with Crippen molar-refractivity contribution in [2.75, 3.05) is 6.54 Å². The fourth-order valence-corrected chi connectivity index (χ4v) is 2.71. The Labute approximate surface area is 145 Å². The van der Waals surface area contributed by atoms with E-state index in [-0.39, 0.29) is 11.5 Å². The molecule has 25 heavy (non-hydrogen) atoms. The summed E-state index contributed by atoms with van der Waals surface area (Å²) in [6.45, 7) is 2.91. The number of hydrogen-bond donors (Lipinski definition) is 1. The summed E-state index contributed by atoms with van der Waals surface area (Å²) >= 11 is 0. The van der Waals surface area contributed by atoms with Gasteiger partial charge in [-0.25, -0.2) is 4.98 Å². The molecule has 0 saturated heterocycles. The van der Waals surface area contributed by atoms with E-state index in [9.17, 15) is 9.59 Å². The van der Waals surface area contributed by atoms with Crippen LogP contribution in [0.5, 0.6) is 0 Å². The lowest BCUT2D eigenvalue weighted by atomic mass is 10.2. The third kappa shape index (κ3) is 4.35. The highest BCUT2D eigenvalue weighted by molar-refractivity contribution is 5.77.